The van der Waals surface area contributed by atoms with Crippen molar-refractivity contribution in [2.75, 3.05) is 6.61 Å². The molecule has 0 aromatic rings. The molecule has 1 unspecified atom stereocenters. The molecular weight excluding hydrogens is 508 g/mol. The van der Waals surface area contributed by atoms with Gasteiger partial charge in [-0.1, -0.05) is 167 Å². The second-order valence-corrected chi connectivity index (χ2v) is 11.9. The van der Waals surface area contributed by atoms with E-state index in [2.05, 4.69) is 30.2 Å². The molecule has 6 heteroatoms. The van der Waals surface area contributed by atoms with Crippen LogP contribution in [0.1, 0.15) is 174 Å². The fraction of sp³-hybridized carbons (Fsp3) is 0.935. The van der Waals surface area contributed by atoms with Crippen molar-refractivity contribution in [1.82, 2.24) is 0 Å². The van der Waals surface area contributed by atoms with E-state index in [0.717, 1.165) is 19.3 Å². The van der Waals surface area contributed by atoms with Gasteiger partial charge in [0.05, 0.1) is 6.61 Å². The van der Waals surface area contributed by atoms with Gasteiger partial charge in [-0.15, -0.1) is 0 Å². The molecule has 0 aromatic carbocycles. The number of hydrogen-bond acceptors (Lipinski definition) is 4. The number of hydrogen-bond donors (Lipinski definition) is 0. The molecule has 0 N–H and O–H groups in total. The van der Waals surface area contributed by atoms with Crippen molar-refractivity contribution in [2.24, 2.45) is 5.92 Å². The summed E-state index contributed by atoms with van der Waals surface area (Å²) in [6.07, 6.45) is 36.6. The summed E-state index contributed by atoms with van der Waals surface area (Å²) in [6.45, 7) is 4.51. The van der Waals surface area contributed by atoms with Gasteiger partial charge in [0.15, 0.2) is 0 Å². The summed E-state index contributed by atoms with van der Waals surface area (Å²) >= 11 is 0. The monoisotopic (exact) mass is 568 g/mol. The van der Waals surface area contributed by atoms with Gasteiger partial charge in [-0.3, -0.25) is 4.18 Å². The van der Waals surface area contributed by atoms with E-state index in [1.54, 1.807) is 0 Å². The third-order valence-corrected chi connectivity index (χ3v) is 7.66. The van der Waals surface area contributed by atoms with E-state index in [9.17, 15) is 13.0 Å². The molecule has 0 fully saturated rings. The summed E-state index contributed by atoms with van der Waals surface area (Å²) in [7, 11) is -4.62. The second kappa shape index (κ2) is 31.8. The van der Waals surface area contributed by atoms with Gasteiger partial charge in [0.25, 0.3) is 0 Å². The molecule has 0 radical (unpaired) electrons. The van der Waals surface area contributed by atoms with E-state index in [1.807, 2.05) is 0 Å². The van der Waals surface area contributed by atoms with Crippen LogP contribution in [0.2, 0.25) is 0 Å². The molecule has 0 heterocycles. The van der Waals surface area contributed by atoms with Crippen LogP contribution in [0, 0.1) is 5.92 Å². The van der Waals surface area contributed by atoms with Crippen molar-refractivity contribution < 1.29 is 68.5 Å². The zero-order valence-electron chi connectivity index (χ0n) is 25.2. The molecule has 0 amide bonds. The number of allylic oxidation sites excluding steroid dienone is 1. The molecule has 0 aliphatic heterocycles. The van der Waals surface area contributed by atoms with E-state index < -0.39 is 10.4 Å². The van der Waals surface area contributed by atoms with Gasteiger partial charge < -0.3 is 4.55 Å². The van der Waals surface area contributed by atoms with Crippen LogP contribution in [-0.2, 0) is 14.6 Å². The summed E-state index contributed by atoms with van der Waals surface area (Å²) in [5.74, 6) is 0.0182. The average molecular weight is 569 g/mol. The Hall–Kier alpha value is 1.25. The Morgan fingerprint density at radius 1 is 0.595 bits per heavy atom. The predicted molar refractivity (Wildman–Crippen MR) is 155 cm³/mol. The minimum Gasteiger partial charge on any atom is -0.726 e. The molecule has 0 bridgehead atoms. The Morgan fingerprint density at radius 3 is 1.32 bits per heavy atom. The van der Waals surface area contributed by atoms with E-state index in [4.69, 9.17) is 0 Å². The Morgan fingerprint density at radius 2 is 0.946 bits per heavy atom. The molecule has 0 rings (SSSR count). The first-order valence-electron chi connectivity index (χ1n) is 15.8. The van der Waals surface area contributed by atoms with Gasteiger partial charge in [0.1, 0.15) is 0 Å². The van der Waals surface area contributed by atoms with Crippen molar-refractivity contribution in [3.05, 3.63) is 12.2 Å². The van der Waals surface area contributed by atoms with Crippen molar-refractivity contribution in [2.45, 2.75) is 174 Å². The first-order chi connectivity index (χ1) is 17.5. The van der Waals surface area contributed by atoms with Gasteiger partial charge in [-0.2, -0.15) is 0 Å². The van der Waals surface area contributed by atoms with Gasteiger partial charge in [0, 0.05) is 5.92 Å². The van der Waals surface area contributed by atoms with Gasteiger partial charge >= 0.3 is 51.4 Å². The van der Waals surface area contributed by atoms with E-state index in [0.29, 0.717) is 0 Å². The van der Waals surface area contributed by atoms with Crippen LogP contribution < -0.4 is 51.4 Å². The molecule has 0 aromatic heterocycles. The quantitative estimate of drug-likeness (QED) is 0.0309. The third-order valence-electron chi connectivity index (χ3n) is 7.24. The Labute approximate surface area is 275 Å². The Kier molecular flexibility index (Phi) is 34.7. The van der Waals surface area contributed by atoms with E-state index >= 15 is 0 Å². The van der Waals surface area contributed by atoms with Crippen LogP contribution >= 0.6 is 0 Å². The molecule has 0 saturated heterocycles. The van der Waals surface area contributed by atoms with E-state index in [1.165, 1.54) is 141 Å². The fourth-order valence-electron chi connectivity index (χ4n) is 4.87. The smallest absolute Gasteiger partial charge is 0.726 e. The standard InChI is InChI=1S/C31H62O4S.K/c1-3-5-7-9-11-13-15-16-17-19-21-23-25-27-29-31(30-35-36(32,33)34)28-26-24-22-20-18-14-12-10-8-6-4-2;/h26,28,31H,3-25,27,29-30H2,1-2H3,(H,32,33,34);/q;+1/p-1/b28-26+;. The molecule has 0 saturated carbocycles. The summed E-state index contributed by atoms with van der Waals surface area (Å²) in [5.41, 5.74) is 0. The third kappa shape index (κ3) is 35.2. The zero-order chi connectivity index (χ0) is 26.6. The Balaban J connectivity index is 0. The van der Waals surface area contributed by atoms with Crippen LogP contribution in [0.15, 0.2) is 12.2 Å². The Bertz CT molecular complexity index is 566. The van der Waals surface area contributed by atoms with E-state index in [-0.39, 0.29) is 63.9 Å². The van der Waals surface area contributed by atoms with Gasteiger partial charge in [0.2, 0.25) is 10.4 Å². The largest absolute Gasteiger partial charge is 1.00 e. The molecule has 0 aliphatic rings. The minimum atomic E-state index is -4.62. The molecule has 0 aliphatic carbocycles. The summed E-state index contributed by atoms with van der Waals surface area (Å²) in [5, 5.41) is 0. The first-order valence-corrected chi connectivity index (χ1v) is 17.1. The number of rotatable bonds is 29. The summed E-state index contributed by atoms with van der Waals surface area (Å²) in [4.78, 5) is 0. The SMILES string of the molecule is CCCCCCCCCCC/C=C/C(CCCCCCCCCCCCCCCC)COS(=O)(=O)[O-].[K+]. The molecule has 0 spiro atoms. The minimum absolute atomic E-state index is 0. The zero-order valence-corrected chi connectivity index (χ0v) is 29.1. The normalized spacial score (nSPS) is 12.7. The maximum absolute atomic E-state index is 10.9. The van der Waals surface area contributed by atoms with Gasteiger partial charge in [-0.25, -0.2) is 8.42 Å². The maximum Gasteiger partial charge on any atom is 1.00 e. The molecule has 216 valence electrons. The predicted octanol–water partition coefficient (Wildman–Crippen LogP) is 7.43. The van der Waals surface area contributed by atoms with Crippen LogP contribution in [0.3, 0.4) is 0 Å². The first kappa shape index (κ1) is 40.4. The fourth-order valence-corrected chi connectivity index (χ4v) is 5.21. The molecule has 37 heavy (non-hydrogen) atoms. The van der Waals surface area contributed by atoms with Crippen molar-refractivity contribution in [1.29, 1.82) is 0 Å². The number of unbranched alkanes of at least 4 members (excludes halogenated alkanes) is 22. The maximum atomic E-state index is 10.9. The van der Waals surface area contributed by atoms with Crippen molar-refractivity contribution in [3.63, 3.8) is 0 Å². The molecule has 1 atom stereocenters. The average Bonchev–Trinajstić information content (AvgIpc) is 2.84. The van der Waals surface area contributed by atoms with Crippen LogP contribution in [-0.4, -0.2) is 19.6 Å². The second-order valence-electron chi connectivity index (χ2n) is 10.9. The molecular formula is C31H61KO4S. The van der Waals surface area contributed by atoms with Crippen LogP contribution in [0.5, 0.6) is 0 Å². The van der Waals surface area contributed by atoms with Crippen LogP contribution in [0.25, 0.3) is 0 Å². The summed E-state index contributed by atoms with van der Waals surface area (Å²) < 4.78 is 37.3. The molecule has 4 nitrogen and oxygen atoms in total. The van der Waals surface area contributed by atoms with Crippen molar-refractivity contribution in [3.8, 4) is 0 Å². The summed E-state index contributed by atoms with van der Waals surface area (Å²) in [6, 6.07) is 0. The van der Waals surface area contributed by atoms with Crippen LogP contribution in [0.4, 0.5) is 0 Å². The topological polar surface area (TPSA) is 66.4 Å². The van der Waals surface area contributed by atoms with Crippen molar-refractivity contribution >= 4 is 10.4 Å². The van der Waals surface area contributed by atoms with Gasteiger partial charge in [-0.05, 0) is 19.3 Å².